The molecule has 0 aliphatic carbocycles. The quantitative estimate of drug-likeness (QED) is 0.787. The highest BCUT2D eigenvalue weighted by Gasteiger charge is 2.16. The van der Waals surface area contributed by atoms with Crippen molar-refractivity contribution in [3.63, 3.8) is 0 Å². The second kappa shape index (κ2) is 9.32. The maximum atomic E-state index is 12.3. The Bertz CT molecular complexity index is 861. The van der Waals surface area contributed by atoms with E-state index in [1.165, 1.54) is 19.9 Å². The summed E-state index contributed by atoms with van der Waals surface area (Å²) in [6.45, 7) is 6.73. The van der Waals surface area contributed by atoms with Gasteiger partial charge < -0.3 is 20.0 Å². The zero-order chi connectivity index (χ0) is 20.8. The van der Waals surface area contributed by atoms with Gasteiger partial charge in [0.1, 0.15) is 17.3 Å². The van der Waals surface area contributed by atoms with Gasteiger partial charge in [-0.05, 0) is 45.2 Å². The van der Waals surface area contributed by atoms with Crippen LogP contribution in [0.2, 0.25) is 0 Å². The monoisotopic (exact) mass is 388 g/mol. The third-order valence-corrected chi connectivity index (χ3v) is 4.57. The molecule has 0 bridgehead atoms. The molecule has 6 nitrogen and oxygen atoms in total. The first kappa shape index (κ1) is 21.4. The Hall–Kier alpha value is -2.93. The summed E-state index contributed by atoms with van der Waals surface area (Å²) in [5.41, 5.74) is 1.52. The minimum Gasteiger partial charge on any atom is -0.507 e. The lowest BCUT2D eigenvalue weighted by atomic mass is 10.1. The maximum absolute atomic E-state index is 12.3. The first-order valence-corrected chi connectivity index (χ1v) is 8.96. The van der Waals surface area contributed by atoms with Crippen molar-refractivity contribution >= 4 is 17.3 Å². The van der Waals surface area contributed by atoms with E-state index in [0.717, 1.165) is 44.0 Å². The number of hydrogen-bond donors (Lipinski definition) is 2. The van der Waals surface area contributed by atoms with Crippen LogP contribution in [0.5, 0.6) is 11.5 Å². The van der Waals surface area contributed by atoms with Crippen molar-refractivity contribution in [1.82, 2.24) is 4.90 Å². The average molecular weight is 388 g/mol. The number of likely N-dealkylation sites (N-methyl/N-ethyl adjacent to an activating group) is 1. The fourth-order valence-electron chi connectivity index (χ4n) is 2.88. The van der Waals surface area contributed by atoms with Crippen molar-refractivity contribution in [2.45, 2.75) is 13.8 Å². The number of anilines is 1. The lowest BCUT2D eigenvalue weighted by Gasteiger charge is -2.34. The highest BCUT2D eigenvalue weighted by atomic mass is 19.1. The molecule has 1 saturated heterocycles. The molecule has 0 spiro atoms. The van der Waals surface area contributed by atoms with Crippen molar-refractivity contribution in [3.05, 3.63) is 53.3 Å². The molecule has 1 aliphatic rings. The van der Waals surface area contributed by atoms with Gasteiger partial charge in [-0.25, -0.2) is 4.39 Å². The van der Waals surface area contributed by atoms with Crippen LogP contribution in [0.3, 0.4) is 0 Å². The van der Waals surface area contributed by atoms with Crippen LogP contribution in [0.25, 0.3) is 0 Å². The lowest BCUT2D eigenvalue weighted by Crippen LogP contribution is -2.44. The van der Waals surface area contributed by atoms with Crippen LogP contribution in [-0.2, 0) is 0 Å². The number of phenolic OH excluding ortho intramolecular Hbond substituents is 2. The summed E-state index contributed by atoms with van der Waals surface area (Å²) >= 11 is 0. The molecule has 1 fully saturated rings. The van der Waals surface area contributed by atoms with Crippen LogP contribution in [0.15, 0.2) is 36.4 Å². The molecular formula is C21H25FN2O4. The SMILES string of the molecule is CC(=O)c1ccc(F)cc1O.CC(=O)c1ccc(N2CCN(C)CC2)cc1O. The highest BCUT2D eigenvalue weighted by molar-refractivity contribution is 5.97. The molecule has 1 heterocycles. The minimum absolute atomic E-state index is 0.0777. The summed E-state index contributed by atoms with van der Waals surface area (Å²) in [6.07, 6.45) is 0. The smallest absolute Gasteiger partial charge is 0.163 e. The molecule has 2 N–H and O–H groups in total. The number of piperazine rings is 1. The van der Waals surface area contributed by atoms with Gasteiger partial charge in [0.25, 0.3) is 0 Å². The highest BCUT2D eigenvalue weighted by Crippen LogP contribution is 2.25. The van der Waals surface area contributed by atoms with E-state index in [4.69, 9.17) is 5.11 Å². The Balaban J connectivity index is 0.000000221. The molecular weight excluding hydrogens is 363 g/mol. The van der Waals surface area contributed by atoms with Gasteiger partial charge in [0.05, 0.1) is 11.1 Å². The van der Waals surface area contributed by atoms with Gasteiger partial charge in [-0.3, -0.25) is 9.59 Å². The van der Waals surface area contributed by atoms with Gasteiger partial charge in [-0.15, -0.1) is 0 Å². The van der Waals surface area contributed by atoms with E-state index < -0.39 is 5.82 Å². The Morgan fingerprint density at radius 2 is 1.36 bits per heavy atom. The van der Waals surface area contributed by atoms with Crippen molar-refractivity contribution in [3.8, 4) is 11.5 Å². The zero-order valence-electron chi connectivity index (χ0n) is 16.3. The molecule has 7 heteroatoms. The summed E-state index contributed by atoms with van der Waals surface area (Å²) in [4.78, 5) is 26.4. The van der Waals surface area contributed by atoms with Crippen LogP contribution >= 0.6 is 0 Å². The Morgan fingerprint density at radius 3 is 1.82 bits per heavy atom. The molecule has 2 aromatic carbocycles. The number of ketones is 2. The number of benzene rings is 2. The number of aromatic hydroxyl groups is 2. The van der Waals surface area contributed by atoms with Crippen LogP contribution in [0.1, 0.15) is 34.6 Å². The number of phenols is 2. The van der Waals surface area contributed by atoms with Crippen LogP contribution < -0.4 is 4.90 Å². The standard InChI is InChI=1S/C13H18N2O2.C8H7FO2/c1-10(16)12-4-3-11(9-13(12)17)15-7-5-14(2)6-8-15;1-5(10)7-3-2-6(9)4-8(7)11/h3-4,9,17H,5-8H2,1-2H3;2-4,11H,1H3. The molecule has 0 saturated carbocycles. The van der Waals surface area contributed by atoms with Gasteiger partial charge >= 0.3 is 0 Å². The Morgan fingerprint density at radius 1 is 0.857 bits per heavy atom. The molecule has 0 atom stereocenters. The van der Waals surface area contributed by atoms with E-state index >= 15 is 0 Å². The van der Waals surface area contributed by atoms with E-state index in [1.54, 1.807) is 12.1 Å². The van der Waals surface area contributed by atoms with Gasteiger partial charge in [-0.2, -0.15) is 0 Å². The van der Waals surface area contributed by atoms with E-state index in [1.807, 2.05) is 6.07 Å². The summed E-state index contributed by atoms with van der Waals surface area (Å²) < 4.78 is 12.3. The number of nitrogens with zero attached hydrogens (tertiary/aromatic N) is 2. The summed E-state index contributed by atoms with van der Waals surface area (Å²) in [7, 11) is 2.10. The Labute approximate surface area is 163 Å². The minimum atomic E-state index is -0.549. The third-order valence-electron chi connectivity index (χ3n) is 4.57. The summed E-state index contributed by atoms with van der Waals surface area (Å²) in [5.74, 6) is -1.16. The first-order valence-electron chi connectivity index (χ1n) is 8.96. The maximum Gasteiger partial charge on any atom is 0.163 e. The number of carbonyl (C=O) groups is 2. The normalized spacial score (nSPS) is 14.2. The van der Waals surface area contributed by atoms with Crippen LogP contribution in [0.4, 0.5) is 10.1 Å². The lowest BCUT2D eigenvalue weighted by molar-refractivity contribution is 0.100. The molecule has 0 aromatic heterocycles. The molecule has 0 radical (unpaired) electrons. The summed E-state index contributed by atoms with van der Waals surface area (Å²) in [6, 6.07) is 8.59. The number of Topliss-reactive ketones (excluding diaryl/α,β-unsaturated/α-hetero) is 2. The third kappa shape index (κ3) is 5.53. The number of rotatable bonds is 3. The van der Waals surface area contributed by atoms with E-state index in [9.17, 15) is 19.1 Å². The zero-order valence-corrected chi connectivity index (χ0v) is 16.3. The molecule has 0 unspecified atom stereocenters. The molecule has 3 rings (SSSR count). The molecule has 150 valence electrons. The topological polar surface area (TPSA) is 81.1 Å². The number of hydrogen-bond acceptors (Lipinski definition) is 6. The fourth-order valence-corrected chi connectivity index (χ4v) is 2.88. The van der Waals surface area contributed by atoms with E-state index in [0.29, 0.717) is 5.56 Å². The fraction of sp³-hybridized carbons (Fsp3) is 0.333. The first-order chi connectivity index (χ1) is 13.2. The second-order valence-corrected chi connectivity index (χ2v) is 6.77. The van der Waals surface area contributed by atoms with Gasteiger partial charge in [-0.1, -0.05) is 0 Å². The molecule has 28 heavy (non-hydrogen) atoms. The van der Waals surface area contributed by atoms with Crippen LogP contribution in [0, 0.1) is 5.82 Å². The summed E-state index contributed by atoms with van der Waals surface area (Å²) in [5, 5.41) is 18.8. The number of carbonyl (C=O) groups excluding carboxylic acids is 2. The molecule has 0 amide bonds. The van der Waals surface area contributed by atoms with Crippen molar-refractivity contribution < 1.29 is 24.2 Å². The number of halogens is 1. The predicted octanol–water partition coefficient (Wildman–Crippen LogP) is 3.08. The van der Waals surface area contributed by atoms with Crippen molar-refractivity contribution in [2.75, 3.05) is 38.1 Å². The molecule has 1 aliphatic heterocycles. The largest absolute Gasteiger partial charge is 0.507 e. The molecule has 2 aromatic rings. The van der Waals surface area contributed by atoms with E-state index in [-0.39, 0.29) is 28.6 Å². The Kier molecular flexibility index (Phi) is 7.12. The second-order valence-electron chi connectivity index (χ2n) is 6.77. The predicted molar refractivity (Wildman–Crippen MR) is 106 cm³/mol. The van der Waals surface area contributed by atoms with E-state index in [2.05, 4.69) is 16.8 Å². The van der Waals surface area contributed by atoms with Crippen LogP contribution in [-0.4, -0.2) is 59.9 Å². The average Bonchev–Trinajstić information content (AvgIpc) is 2.62. The van der Waals surface area contributed by atoms with Gasteiger partial charge in [0.2, 0.25) is 0 Å². The van der Waals surface area contributed by atoms with Crippen molar-refractivity contribution in [1.29, 1.82) is 0 Å². The van der Waals surface area contributed by atoms with Gasteiger partial charge in [0, 0.05) is 44.0 Å². The van der Waals surface area contributed by atoms with Gasteiger partial charge in [0.15, 0.2) is 11.6 Å². The van der Waals surface area contributed by atoms with Crippen molar-refractivity contribution in [2.24, 2.45) is 0 Å².